The molecule has 0 spiro atoms. The number of nitriles is 1. The summed E-state index contributed by atoms with van der Waals surface area (Å²) in [7, 11) is 0. The zero-order chi connectivity index (χ0) is 17.8. The van der Waals surface area contributed by atoms with E-state index in [4.69, 9.17) is 12.2 Å². The van der Waals surface area contributed by atoms with Crippen molar-refractivity contribution < 1.29 is 9.69 Å². The molecule has 2 aromatic rings. The van der Waals surface area contributed by atoms with Crippen LogP contribution >= 0.6 is 23.6 Å². The van der Waals surface area contributed by atoms with Crippen LogP contribution in [-0.4, -0.2) is 24.1 Å². The largest absolute Gasteiger partial charge is 0.330 e. The summed E-state index contributed by atoms with van der Waals surface area (Å²) in [6.45, 7) is 5.24. The van der Waals surface area contributed by atoms with Crippen molar-refractivity contribution in [1.82, 2.24) is 5.32 Å². The molecule has 1 aliphatic rings. The van der Waals surface area contributed by atoms with Gasteiger partial charge in [0.15, 0.2) is 5.11 Å². The van der Waals surface area contributed by atoms with E-state index >= 15 is 0 Å². The van der Waals surface area contributed by atoms with Crippen molar-refractivity contribution in [1.29, 1.82) is 5.26 Å². The minimum atomic E-state index is -0.264. The molecule has 1 aromatic heterocycles. The van der Waals surface area contributed by atoms with Crippen LogP contribution in [0.1, 0.15) is 33.3 Å². The van der Waals surface area contributed by atoms with Gasteiger partial charge in [0.1, 0.15) is 17.6 Å². The summed E-state index contributed by atoms with van der Waals surface area (Å²) >= 11 is 6.82. The van der Waals surface area contributed by atoms with Crippen molar-refractivity contribution in [2.45, 2.75) is 19.9 Å². The van der Waals surface area contributed by atoms with Gasteiger partial charge in [-0.1, -0.05) is 18.2 Å². The fourth-order valence-electron chi connectivity index (χ4n) is 2.94. The number of nitrogens with zero attached hydrogens (tertiary/aromatic N) is 1. The number of likely N-dealkylation sites (N-methyl/N-ethyl adjacent to an activating group) is 1. The normalized spacial score (nSPS) is 15.8. The summed E-state index contributed by atoms with van der Waals surface area (Å²) in [5.41, 5.74) is 2.33. The SMILES string of the molecule is CC[NH+]1CCc2c(sc(NC(=S)NC(=O)c3ccccc3)c2C#N)C1. The van der Waals surface area contributed by atoms with E-state index in [9.17, 15) is 10.1 Å². The highest BCUT2D eigenvalue weighted by Gasteiger charge is 2.26. The van der Waals surface area contributed by atoms with E-state index in [0.29, 0.717) is 11.1 Å². The molecule has 0 bridgehead atoms. The van der Waals surface area contributed by atoms with Crippen molar-refractivity contribution >= 4 is 39.6 Å². The van der Waals surface area contributed by atoms with Crippen LogP contribution in [0.3, 0.4) is 0 Å². The lowest BCUT2D eigenvalue weighted by molar-refractivity contribution is -0.913. The first-order valence-corrected chi connectivity index (χ1v) is 9.40. The van der Waals surface area contributed by atoms with E-state index in [1.54, 1.807) is 35.6 Å². The summed E-state index contributed by atoms with van der Waals surface area (Å²) < 4.78 is 0. The molecule has 0 aliphatic carbocycles. The molecule has 0 fully saturated rings. The molecule has 1 aliphatic heterocycles. The number of thiocarbonyl (C=S) groups is 1. The Morgan fingerprint density at radius 2 is 2.16 bits per heavy atom. The van der Waals surface area contributed by atoms with Crippen LogP contribution in [0.15, 0.2) is 30.3 Å². The second-order valence-electron chi connectivity index (χ2n) is 5.87. The van der Waals surface area contributed by atoms with Gasteiger partial charge in [-0.25, -0.2) is 0 Å². The number of hydrogen-bond acceptors (Lipinski definition) is 4. The van der Waals surface area contributed by atoms with E-state index < -0.39 is 0 Å². The second-order valence-corrected chi connectivity index (χ2v) is 7.39. The van der Waals surface area contributed by atoms with Gasteiger partial charge in [0.2, 0.25) is 0 Å². The molecule has 2 heterocycles. The zero-order valence-corrected chi connectivity index (χ0v) is 15.5. The zero-order valence-electron chi connectivity index (χ0n) is 13.9. The highest BCUT2D eigenvalue weighted by Crippen LogP contribution is 2.34. The number of benzene rings is 1. The highest BCUT2D eigenvalue weighted by molar-refractivity contribution is 7.80. The lowest BCUT2D eigenvalue weighted by Crippen LogP contribution is -3.11. The molecule has 0 saturated heterocycles. The van der Waals surface area contributed by atoms with Crippen molar-refractivity contribution in [3.8, 4) is 6.07 Å². The number of thiophene rings is 1. The number of hydrogen-bond donors (Lipinski definition) is 3. The van der Waals surface area contributed by atoms with Crippen LogP contribution in [-0.2, 0) is 13.0 Å². The number of rotatable bonds is 3. The first-order valence-electron chi connectivity index (χ1n) is 8.18. The second kappa shape index (κ2) is 7.74. The van der Waals surface area contributed by atoms with Crippen LogP contribution < -0.4 is 15.5 Å². The van der Waals surface area contributed by atoms with Gasteiger partial charge in [-0.05, 0) is 36.8 Å². The summed E-state index contributed by atoms with van der Waals surface area (Å²) in [6, 6.07) is 11.2. The lowest BCUT2D eigenvalue weighted by Gasteiger charge is -2.22. The summed E-state index contributed by atoms with van der Waals surface area (Å²) in [6.07, 6.45) is 0.905. The van der Waals surface area contributed by atoms with Gasteiger partial charge in [0.25, 0.3) is 5.91 Å². The Kier molecular flexibility index (Phi) is 5.43. The Morgan fingerprint density at radius 3 is 2.84 bits per heavy atom. The van der Waals surface area contributed by atoms with Crippen molar-refractivity contribution in [2.24, 2.45) is 0 Å². The van der Waals surface area contributed by atoms with E-state index in [1.165, 1.54) is 9.78 Å². The monoisotopic (exact) mass is 371 g/mol. The maximum absolute atomic E-state index is 12.2. The number of carbonyl (C=O) groups is 1. The van der Waals surface area contributed by atoms with E-state index in [2.05, 4.69) is 23.6 Å². The standard InChI is InChI=1S/C18H18N4OS2/c1-2-22-9-8-13-14(10-19)17(25-15(13)11-22)21-18(24)20-16(23)12-6-4-3-5-7-12/h3-7H,2,8-9,11H2,1H3,(H2,20,21,23,24)/p+1. The molecular formula is C18H19N4OS2+. The molecule has 1 atom stereocenters. The van der Waals surface area contributed by atoms with Gasteiger partial charge in [-0.15, -0.1) is 11.3 Å². The van der Waals surface area contributed by atoms with E-state index in [0.717, 1.165) is 36.6 Å². The number of anilines is 1. The first kappa shape index (κ1) is 17.5. The van der Waals surface area contributed by atoms with Crippen LogP contribution in [0, 0.1) is 11.3 Å². The van der Waals surface area contributed by atoms with Crippen molar-refractivity contribution in [3.63, 3.8) is 0 Å². The van der Waals surface area contributed by atoms with E-state index in [1.807, 2.05) is 6.07 Å². The molecule has 5 nitrogen and oxygen atoms in total. The van der Waals surface area contributed by atoms with Gasteiger partial charge in [0, 0.05) is 12.0 Å². The molecule has 3 N–H and O–H groups in total. The topological polar surface area (TPSA) is 69.4 Å². The fourth-order valence-corrected chi connectivity index (χ4v) is 4.48. The number of nitrogens with one attached hydrogen (secondary N) is 3. The summed E-state index contributed by atoms with van der Waals surface area (Å²) in [5.74, 6) is -0.264. The lowest BCUT2D eigenvalue weighted by atomic mass is 10.0. The number of quaternary nitrogens is 1. The number of fused-ring (bicyclic) bond motifs is 1. The number of carbonyl (C=O) groups excluding carboxylic acids is 1. The van der Waals surface area contributed by atoms with Crippen LogP contribution in [0.4, 0.5) is 5.00 Å². The molecule has 1 aromatic carbocycles. The quantitative estimate of drug-likeness (QED) is 0.719. The van der Waals surface area contributed by atoms with Gasteiger partial charge in [-0.3, -0.25) is 10.1 Å². The molecular weight excluding hydrogens is 352 g/mol. The Labute approximate surface area is 156 Å². The molecule has 1 amide bonds. The van der Waals surface area contributed by atoms with Crippen LogP contribution in [0.25, 0.3) is 0 Å². The predicted octanol–water partition coefficient (Wildman–Crippen LogP) is 1.71. The third-order valence-corrected chi connectivity index (χ3v) is 5.68. The third kappa shape index (κ3) is 3.87. The Bertz CT molecular complexity index is 839. The molecule has 25 heavy (non-hydrogen) atoms. The Hall–Kier alpha value is -2.27. The molecule has 0 radical (unpaired) electrons. The van der Waals surface area contributed by atoms with Gasteiger partial charge in [0.05, 0.1) is 23.5 Å². The summed E-state index contributed by atoms with van der Waals surface area (Å²) in [5, 5.41) is 16.2. The van der Waals surface area contributed by atoms with Crippen LogP contribution in [0.5, 0.6) is 0 Å². The van der Waals surface area contributed by atoms with Crippen LogP contribution in [0.2, 0.25) is 0 Å². The highest BCUT2D eigenvalue weighted by atomic mass is 32.1. The molecule has 7 heteroatoms. The van der Waals surface area contributed by atoms with Gasteiger partial charge < -0.3 is 10.2 Å². The molecule has 128 valence electrons. The fraction of sp³-hybridized carbons (Fsp3) is 0.278. The maximum Gasteiger partial charge on any atom is 0.257 e. The first-order chi connectivity index (χ1) is 12.1. The van der Waals surface area contributed by atoms with Crippen molar-refractivity contribution in [3.05, 3.63) is 51.9 Å². The third-order valence-electron chi connectivity index (χ3n) is 4.33. The average Bonchev–Trinajstić information content (AvgIpc) is 2.97. The minimum absolute atomic E-state index is 0.212. The summed E-state index contributed by atoms with van der Waals surface area (Å²) in [4.78, 5) is 14.9. The van der Waals surface area contributed by atoms with Gasteiger partial charge >= 0.3 is 0 Å². The minimum Gasteiger partial charge on any atom is -0.330 e. The Balaban J connectivity index is 1.73. The molecule has 3 rings (SSSR count). The smallest absolute Gasteiger partial charge is 0.257 e. The molecule has 0 saturated carbocycles. The van der Waals surface area contributed by atoms with Crippen molar-refractivity contribution in [2.75, 3.05) is 18.4 Å². The average molecular weight is 372 g/mol. The number of amides is 1. The maximum atomic E-state index is 12.2. The Morgan fingerprint density at radius 1 is 1.40 bits per heavy atom. The predicted molar refractivity (Wildman–Crippen MR) is 103 cm³/mol. The molecule has 1 unspecified atom stereocenters. The van der Waals surface area contributed by atoms with Gasteiger partial charge in [-0.2, -0.15) is 5.26 Å². The van der Waals surface area contributed by atoms with E-state index in [-0.39, 0.29) is 11.0 Å².